The highest BCUT2D eigenvalue weighted by molar-refractivity contribution is 5.64. The Balaban J connectivity index is 1.49. The SMILES string of the molecule is CC1(C)[C@H]2CC[C@]1(c1cccc(-n3cnc(C(F)F)n3)n1)c1nnc(-c3c(F)cccc3F)cc12. The lowest BCUT2D eigenvalue weighted by Crippen LogP contribution is -2.38. The van der Waals surface area contributed by atoms with Crippen LogP contribution in [0.2, 0.25) is 0 Å². The average molecular weight is 480 g/mol. The van der Waals surface area contributed by atoms with E-state index in [1.807, 2.05) is 6.07 Å². The van der Waals surface area contributed by atoms with Gasteiger partial charge in [-0.1, -0.05) is 26.0 Å². The first-order valence-corrected chi connectivity index (χ1v) is 11.2. The first-order valence-electron chi connectivity index (χ1n) is 11.2. The number of hydrogen-bond donors (Lipinski definition) is 0. The molecule has 4 aromatic rings. The van der Waals surface area contributed by atoms with Crippen LogP contribution in [0.5, 0.6) is 0 Å². The van der Waals surface area contributed by atoms with Gasteiger partial charge >= 0.3 is 0 Å². The lowest BCUT2D eigenvalue weighted by Gasteiger charge is -2.37. The Morgan fingerprint density at radius 3 is 2.49 bits per heavy atom. The van der Waals surface area contributed by atoms with Gasteiger partial charge in [0.05, 0.1) is 28.1 Å². The maximum Gasteiger partial charge on any atom is 0.299 e. The molecule has 0 aliphatic heterocycles. The van der Waals surface area contributed by atoms with Crippen LogP contribution < -0.4 is 0 Å². The molecule has 0 radical (unpaired) electrons. The molecular formula is C25H20F4N6. The van der Waals surface area contributed by atoms with Crippen LogP contribution in [0.1, 0.15) is 61.8 Å². The van der Waals surface area contributed by atoms with Crippen molar-refractivity contribution in [3.8, 4) is 17.1 Å². The van der Waals surface area contributed by atoms with Crippen LogP contribution in [0.4, 0.5) is 17.6 Å². The largest absolute Gasteiger partial charge is 0.299 e. The summed E-state index contributed by atoms with van der Waals surface area (Å²) in [7, 11) is 0. The van der Waals surface area contributed by atoms with Gasteiger partial charge in [0.2, 0.25) is 5.82 Å². The summed E-state index contributed by atoms with van der Waals surface area (Å²) in [6.07, 6.45) is 0.0369. The summed E-state index contributed by atoms with van der Waals surface area (Å²) >= 11 is 0. The third-order valence-electron chi connectivity index (χ3n) is 7.71. The minimum atomic E-state index is -2.78. The van der Waals surface area contributed by atoms with Crippen LogP contribution in [0.15, 0.2) is 48.8 Å². The number of alkyl halides is 2. The number of halogens is 4. The van der Waals surface area contributed by atoms with Crippen molar-refractivity contribution in [3.63, 3.8) is 0 Å². The molecule has 0 saturated heterocycles. The molecule has 178 valence electrons. The molecule has 3 heterocycles. The second kappa shape index (κ2) is 7.40. The van der Waals surface area contributed by atoms with Crippen molar-refractivity contribution >= 4 is 0 Å². The zero-order valence-electron chi connectivity index (χ0n) is 18.9. The quantitative estimate of drug-likeness (QED) is 0.359. The lowest BCUT2D eigenvalue weighted by molar-refractivity contribution is 0.140. The van der Waals surface area contributed by atoms with E-state index in [9.17, 15) is 17.6 Å². The Labute approximate surface area is 198 Å². The zero-order chi connectivity index (χ0) is 24.5. The normalized spacial score (nSPS) is 22.1. The maximum atomic E-state index is 14.4. The molecule has 2 bridgehead atoms. The predicted octanol–water partition coefficient (Wildman–Crippen LogP) is 5.54. The first kappa shape index (κ1) is 21.8. The summed E-state index contributed by atoms with van der Waals surface area (Å²) in [6.45, 7) is 4.27. The van der Waals surface area contributed by atoms with E-state index in [1.165, 1.54) is 29.2 Å². The van der Waals surface area contributed by atoms with Crippen molar-refractivity contribution in [1.29, 1.82) is 0 Å². The van der Waals surface area contributed by atoms with Crippen molar-refractivity contribution in [3.05, 3.63) is 83.2 Å². The number of rotatable bonds is 4. The van der Waals surface area contributed by atoms with E-state index in [0.717, 1.165) is 29.8 Å². The summed E-state index contributed by atoms with van der Waals surface area (Å²) in [4.78, 5) is 8.46. The highest BCUT2D eigenvalue weighted by Crippen LogP contribution is 2.69. The number of hydrogen-bond acceptors (Lipinski definition) is 5. The van der Waals surface area contributed by atoms with Gasteiger partial charge in [-0.3, -0.25) is 0 Å². The minimum absolute atomic E-state index is 0.0869. The molecule has 2 atom stereocenters. The molecule has 1 saturated carbocycles. The van der Waals surface area contributed by atoms with E-state index >= 15 is 0 Å². The number of aromatic nitrogens is 6. The van der Waals surface area contributed by atoms with Gasteiger partial charge in [-0.15, -0.1) is 10.2 Å². The third-order valence-corrected chi connectivity index (χ3v) is 7.71. The number of benzene rings is 1. The van der Waals surface area contributed by atoms with Crippen molar-refractivity contribution in [1.82, 2.24) is 29.9 Å². The first-order chi connectivity index (χ1) is 16.7. The van der Waals surface area contributed by atoms with Gasteiger partial charge in [0.15, 0.2) is 5.82 Å². The number of pyridine rings is 1. The Kier molecular flexibility index (Phi) is 4.61. The van der Waals surface area contributed by atoms with Gasteiger partial charge in [-0.2, -0.15) is 5.10 Å². The van der Waals surface area contributed by atoms with Crippen LogP contribution in [0.3, 0.4) is 0 Å². The van der Waals surface area contributed by atoms with Gasteiger partial charge in [-0.25, -0.2) is 32.2 Å². The van der Waals surface area contributed by atoms with Crippen molar-refractivity contribution in [2.24, 2.45) is 5.41 Å². The van der Waals surface area contributed by atoms with Crippen LogP contribution in [-0.2, 0) is 5.41 Å². The second-order valence-corrected chi connectivity index (χ2v) is 9.58. The smallest absolute Gasteiger partial charge is 0.233 e. The van der Waals surface area contributed by atoms with Crippen LogP contribution in [0, 0.1) is 17.0 Å². The molecule has 0 unspecified atom stereocenters. The van der Waals surface area contributed by atoms with Gasteiger partial charge in [0.25, 0.3) is 6.43 Å². The Morgan fingerprint density at radius 2 is 1.77 bits per heavy atom. The van der Waals surface area contributed by atoms with Crippen LogP contribution >= 0.6 is 0 Å². The fourth-order valence-corrected chi connectivity index (χ4v) is 6.03. The molecule has 6 rings (SSSR count). The molecule has 0 N–H and O–H groups in total. The zero-order valence-corrected chi connectivity index (χ0v) is 18.9. The van der Waals surface area contributed by atoms with Gasteiger partial charge < -0.3 is 0 Å². The topological polar surface area (TPSA) is 69.4 Å². The fraction of sp³-hybridized carbons (Fsp3) is 0.320. The third kappa shape index (κ3) is 2.91. The standard InChI is InChI=1S/C25H20F4N6/c1-24(2)14-9-10-25(24,18-7-4-8-19(31-18)35-12-30-23(34-35)22(28)29)21-13(14)11-17(32-33-21)20-15(26)5-3-6-16(20)27/h3-8,11-12,14,22H,9-10H2,1-2H3/t14-,25-/m0/s1. The molecule has 2 aliphatic carbocycles. The molecule has 1 fully saturated rings. The maximum absolute atomic E-state index is 14.4. The number of nitrogens with zero attached hydrogens (tertiary/aromatic N) is 6. The van der Waals surface area contributed by atoms with E-state index in [4.69, 9.17) is 4.98 Å². The van der Waals surface area contributed by atoms with Crippen molar-refractivity contribution in [2.45, 2.75) is 44.4 Å². The van der Waals surface area contributed by atoms with E-state index in [1.54, 1.807) is 18.2 Å². The second-order valence-electron chi connectivity index (χ2n) is 9.58. The lowest BCUT2D eigenvalue weighted by atomic mass is 9.66. The Morgan fingerprint density at radius 1 is 1.03 bits per heavy atom. The van der Waals surface area contributed by atoms with Gasteiger partial charge in [0.1, 0.15) is 18.0 Å². The van der Waals surface area contributed by atoms with Gasteiger partial charge in [-0.05, 0) is 60.1 Å². The minimum Gasteiger partial charge on any atom is -0.233 e. The highest BCUT2D eigenvalue weighted by Gasteiger charge is 2.65. The predicted molar refractivity (Wildman–Crippen MR) is 118 cm³/mol. The molecule has 10 heteroatoms. The van der Waals surface area contributed by atoms with E-state index in [0.29, 0.717) is 5.82 Å². The van der Waals surface area contributed by atoms with Crippen molar-refractivity contribution < 1.29 is 17.6 Å². The molecule has 0 spiro atoms. The average Bonchev–Trinajstić information content (AvgIpc) is 3.48. The Bertz CT molecular complexity index is 1450. The van der Waals surface area contributed by atoms with Gasteiger partial charge in [0, 0.05) is 0 Å². The van der Waals surface area contributed by atoms with Crippen molar-refractivity contribution in [2.75, 3.05) is 0 Å². The summed E-state index contributed by atoms with van der Waals surface area (Å²) < 4.78 is 56.1. The number of fused-ring (bicyclic) bond motifs is 5. The van der Waals surface area contributed by atoms with E-state index in [2.05, 4.69) is 34.1 Å². The monoisotopic (exact) mass is 480 g/mol. The van der Waals surface area contributed by atoms with E-state index in [-0.39, 0.29) is 22.6 Å². The summed E-state index contributed by atoms with van der Waals surface area (Å²) in [5.41, 5.74) is 1.39. The molecule has 35 heavy (non-hydrogen) atoms. The van der Waals surface area contributed by atoms with Crippen LogP contribution in [-0.4, -0.2) is 29.9 Å². The molecule has 1 aromatic carbocycles. The summed E-state index contributed by atoms with van der Waals surface area (Å²) in [5, 5.41) is 12.6. The highest BCUT2D eigenvalue weighted by atomic mass is 19.3. The summed E-state index contributed by atoms with van der Waals surface area (Å²) in [6, 6.07) is 10.8. The molecule has 6 nitrogen and oxygen atoms in total. The molecular weight excluding hydrogens is 460 g/mol. The summed E-state index contributed by atoms with van der Waals surface area (Å²) in [5.74, 6) is -1.50. The molecule has 2 aliphatic rings. The fourth-order valence-electron chi connectivity index (χ4n) is 6.03. The van der Waals surface area contributed by atoms with Crippen LogP contribution in [0.25, 0.3) is 17.1 Å². The Hall–Kier alpha value is -3.69. The van der Waals surface area contributed by atoms with E-state index < -0.39 is 29.3 Å². The molecule has 3 aromatic heterocycles. The molecule has 0 amide bonds.